The Morgan fingerprint density at radius 3 is 2.65 bits per heavy atom. The molecule has 3 nitrogen and oxygen atoms in total. The van der Waals surface area contributed by atoms with Crippen LogP contribution in [0, 0.1) is 0 Å². The number of halogens is 3. The summed E-state index contributed by atoms with van der Waals surface area (Å²) in [5.41, 5.74) is 0.0717. The molecule has 0 unspecified atom stereocenters. The van der Waals surface area contributed by atoms with Crippen LogP contribution in [0.3, 0.4) is 0 Å². The maximum Gasteiger partial charge on any atom is 0.411 e. The number of rotatable bonds is 5. The fourth-order valence-corrected chi connectivity index (χ4v) is 1.98. The van der Waals surface area contributed by atoms with Gasteiger partial charge in [0.05, 0.1) is 0 Å². The van der Waals surface area contributed by atoms with Gasteiger partial charge >= 0.3 is 6.18 Å². The molecule has 0 saturated carbocycles. The highest BCUT2D eigenvalue weighted by Crippen LogP contribution is 2.17. The normalized spacial score (nSPS) is 21.7. The largest absolute Gasteiger partial charge is 0.411 e. The Labute approximate surface area is 100 Å². The van der Waals surface area contributed by atoms with Gasteiger partial charge in [0, 0.05) is 38.3 Å². The highest BCUT2D eigenvalue weighted by molar-refractivity contribution is 4.87. The molecule has 0 atom stereocenters. The summed E-state index contributed by atoms with van der Waals surface area (Å²) in [6.45, 7) is 6.87. The molecule has 1 aliphatic heterocycles. The molecule has 0 bridgehead atoms. The second-order valence-corrected chi connectivity index (χ2v) is 5.00. The van der Waals surface area contributed by atoms with Gasteiger partial charge in [0.25, 0.3) is 0 Å². The van der Waals surface area contributed by atoms with Gasteiger partial charge < -0.3 is 10.1 Å². The molecule has 0 radical (unpaired) electrons. The van der Waals surface area contributed by atoms with Gasteiger partial charge in [-0.05, 0) is 20.3 Å². The quantitative estimate of drug-likeness (QED) is 0.755. The minimum absolute atomic E-state index is 0.0717. The maximum absolute atomic E-state index is 11.8. The molecule has 1 N–H and O–H groups in total. The van der Waals surface area contributed by atoms with Crippen molar-refractivity contribution in [2.45, 2.75) is 32.0 Å². The van der Waals surface area contributed by atoms with Crippen molar-refractivity contribution in [3.8, 4) is 0 Å². The first-order chi connectivity index (χ1) is 7.81. The lowest BCUT2D eigenvalue weighted by atomic mass is 10.00. The SMILES string of the molecule is CC1(C)CNCCN1CCCOCC(F)(F)F. The summed E-state index contributed by atoms with van der Waals surface area (Å²) in [4.78, 5) is 2.29. The van der Waals surface area contributed by atoms with Crippen molar-refractivity contribution in [1.82, 2.24) is 10.2 Å². The number of alkyl halides is 3. The Morgan fingerprint density at radius 2 is 2.06 bits per heavy atom. The lowest BCUT2D eigenvalue weighted by molar-refractivity contribution is -0.174. The van der Waals surface area contributed by atoms with Crippen molar-refractivity contribution >= 4 is 0 Å². The third-order valence-corrected chi connectivity index (χ3v) is 2.95. The Bertz CT molecular complexity index is 231. The van der Waals surface area contributed by atoms with Gasteiger partial charge in [-0.25, -0.2) is 0 Å². The molecule has 17 heavy (non-hydrogen) atoms. The van der Waals surface area contributed by atoms with Gasteiger partial charge in [-0.15, -0.1) is 0 Å². The van der Waals surface area contributed by atoms with Crippen molar-refractivity contribution in [1.29, 1.82) is 0 Å². The van der Waals surface area contributed by atoms with E-state index in [9.17, 15) is 13.2 Å². The molecule has 0 aromatic carbocycles. The van der Waals surface area contributed by atoms with Crippen molar-refractivity contribution in [3.05, 3.63) is 0 Å². The molecular weight excluding hydrogens is 233 g/mol. The Kier molecular flexibility index (Phi) is 5.22. The van der Waals surface area contributed by atoms with Crippen LogP contribution in [0.5, 0.6) is 0 Å². The maximum atomic E-state index is 11.8. The van der Waals surface area contributed by atoms with Crippen LogP contribution in [0.2, 0.25) is 0 Å². The molecule has 1 saturated heterocycles. The van der Waals surface area contributed by atoms with Gasteiger partial charge in [-0.2, -0.15) is 13.2 Å². The van der Waals surface area contributed by atoms with E-state index in [2.05, 4.69) is 28.8 Å². The zero-order valence-corrected chi connectivity index (χ0v) is 10.4. The van der Waals surface area contributed by atoms with Crippen LogP contribution < -0.4 is 5.32 Å². The van der Waals surface area contributed by atoms with Crippen LogP contribution >= 0.6 is 0 Å². The van der Waals surface area contributed by atoms with Crippen molar-refractivity contribution in [2.75, 3.05) is 39.4 Å². The summed E-state index contributed by atoms with van der Waals surface area (Å²) in [6.07, 6.45) is -3.58. The predicted octanol–water partition coefficient (Wildman–Crippen LogP) is 1.64. The van der Waals surface area contributed by atoms with Gasteiger partial charge in [0.1, 0.15) is 6.61 Å². The lowest BCUT2D eigenvalue weighted by Gasteiger charge is -2.42. The number of hydrogen-bond donors (Lipinski definition) is 1. The summed E-state index contributed by atoms with van der Waals surface area (Å²) >= 11 is 0. The topological polar surface area (TPSA) is 24.5 Å². The van der Waals surface area contributed by atoms with Crippen molar-refractivity contribution in [2.24, 2.45) is 0 Å². The zero-order chi connectivity index (χ0) is 12.9. The van der Waals surface area contributed by atoms with Crippen molar-refractivity contribution in [3.63, 3.8) is 0 Å². The van der Waals surface area contributed by atoms with E-state index in [1.807, 2.05) is 0 Å². The molecule has 102 valence electrons. The molecule has 0 spiro atoms. The monoisotopic (exact) mass is 254 g/mol. The van der Waals surface area contributed by atoms with E-state index in [-0.39, 0.29) is 12.1 Å². The van der Waals surface area contributed by atoms with Crippen LogP contribution in [-0.4, -0.2) is 56.0 Å². The highest BCUT2D eigenvalue weighted by Gasteiger charge is 2.29. The van der Waals surface area contributed by atoms with E-state index in [1.54, 1.807) is 0 Å². The fourth-order valence-electron chi connectivity index (χ4n) is 1.98. The number of ether oxygens (including phenoxy) is 1. The summed E-state index contributed by atoms with van der Waals surface area (Å²) in [5.74, 6) is 0. The number of hydrogen-bond acceptors (Lipinski definition) is 3. The van der Waals surface area contributed by atoms with Gasteiger partial charge in [-0.1, -0.05) is 0 Å². The van der Waals surface area contributed by atoms with E-state index < -0.39 is 12.8 Å². The van der Waals surface area contributed by atoms with E-state index >= 15 is 0 Å². The van der Waals surface area contributed by atoms with E-state index in [0.717, 1.165) is 26.2 Å². The molecule has 1 fully saturated rings. The van der Waals surface area contributed by atoms with Crippen LogP contribution in [0.25, 0.3) is 0 Å². The first-order valence-electron chi connectivity index (χ1n) is 5.91. The number of nitrogens with zero attached hydrogens (tertiary/aromatic N) is 1. The predicted molar refractivity (Wildman–Crippen MR) is 60.0 cm³/mol. The smallest absolute Gasteiger partial charge is 0.372 e. The molecular formula is C11H21F3N2O. The number of piperazine rings is 1. The molecule has 0 amide bonds. The molecule has 0 aliphatic carbocycles. The van der Waals surface area contributed by atoms with Gasteiger partial charge in [0.2, 0.25) is 0 Å². The lowest BCUT2D eigenvalue weighted by Crippen LogP contribution is -2.58. The first-order valence-corrected chi connectivity index (χ1v) is 5.91. The second kappa shape index (κ2) is 6.02. The van der Waals surface area contributed by atoms with Crippen LogP contribution in [0.4, 0.5) is 13.2 Å². The van der Waals surface area contributed by atoms with E-state index in [4.69, 9.17) is 0 Å². The van der Waals surface area contributed by atoms with Gasteiger partial charge in [0.15, 0.2) is 0 Å². The number of nitrogens with one attached hydrogen (secondary N) is 1. The first kappa shape index (κ1) is 14.7. The molecule has 1 rings (SSSR count). The Hall–Kier alpha value is -0.330. The third kappa shape index (κ3) is 5.70. The molecule has 1 aliphatic rings. The molecule has 0 aromatic rings. The third-order valence-electron chi connectivity index (χ3n) is 2.95. The van der Waals surface area contributed by atoms with E-state index in [1.165, 1.54) is 0 Å². The minimum Gasteiger partial charge on any atom is -0.372 e. The van der Waals surface area contributed by atoms with Crippen LogP contribution in [0.1, 0.15) is 20.3 Å². The average Bonchev–Trinajstić information content (AvgIpc) is 2.17. The van der Waals surface area contributed by atoms with Crippen molar-refractivity contribution < 1.29 is 17.9 Å². The highest BCUT2D eigenvalue weighted by atomic mass is 19.4. The molecule has 6 heteroatoms. The summed E-state index contributed by atoms with van der Waals surface area (Å²) < 4.78 is 40.0. The minimum atomic E-state index is -4.21. The second-order valence-electron chi connectivity index (χ2n) is 5.00. The fraction of sp³-hybridized carbons (Fsp3) is 1.00. The summed E-state index contributed by atoms with van der Waals surface area (Å²) in [7, 11) is 0. The molecule has 1 heterocycles. The summed E-state index contributed by atoms with van der Waals surface area (Å²) in [6, 6.07) is 0. The Morgan fingerprint density at radius 1 is 1.35 bits per heavy atom. The van der Waals surface area contributed by atoms with Gasteiger partial charge in [-0.3, -0.25) is 4.90 Å². The summed E-state index contributed by atoms with van der Waals surface area (Å²) in [5, 5.41) is 3.30. The van der Waals surface area contributed by atoms with Crippen LogP contribution in [0.15, 0.2) is 0 Å². The molecule has 0 aromatic heterocycles. The Balaban J connectivity index is 2.13. The zero-order valence-electron chi connectivity index (χ0n) is 10.4. The van der Waals surface area contributed by atoms with E-state index in [0.29, 0.717) is 6.42 Å². The average molecular weight is 254 g/mol. The standard InChI is InChI=1S/C11H21F3N2O/c1-10(2)8-15-4-6-16(10)5-3-7-17-9-11(12,13)14/h15H,3-9H2,1-2H3. The van der Waals surface area contributed by atoms with Crippen LogP contribution in [-0.2, 0) is 4.74 Å².